The molecule has 0 aromatic heterocycles. The van der Waals surface area contributed by atoms with Crippen LogP contribution < -0.4 is 5.32 Å². The van der Waals surface area contributed by atoms with Crippen molar-refractivity contribution in [1.82, 2.24) is 0 Å². The van der Waals surface area contributed by atoms with E-state index in [0.29, 0.717) is 6.04 Å². The maximum absolute atomic E-state index is 3.57. The molecule has 0 aliphatic heterocycles. The van der Waals surface area contributed by atoms with Crippen LogP contribution in [0, 0.1) is 5.41 Å². The smallest absolute Gasteiger partial charge is 0.0348 e. The van der Waals surface area contributed by atoms with Crippen LogP contribution in [0.15, 0.2) is 42.5 Å². The molecule has 17 heavy (non-hydrogen) atoms. The highest BCUT2D eigenvalue weighted by Gasteiger charge is 2.19. The summed E-state index contributed by atoms with van der Waals surface area (Å²) in [4.78, 5) is 0. The molecule has 1 N–H and O–H groups in total. The molecule has 0 saturated carbocycles. The van der Waals surface area contributed by atoms with Crippen LogP contribution in [0.1, 0.15) is 27.7 Å². The van der Waals surface area contributed by atoms with Crippen LogP contribution >= 0.6 is 0 Å². The third-order valence-electron chi connectivity index (χ3n) is 3.43. The zero-order valence-electron chi connectivity index (χ0n) is 11.1. The van der Waals surface area contributed by atoms with E-state index in [1.165, 1.54) is 16.5 Å². The predicted octanol–water partition coefficient (Wildman–Crippen LogP) is 4.69. The molecule has 0 spiro atoms. The molecular formula is C16H21N. The molecular weight excluding hydrogens is 206 g/mol. The van der Waals surface area contributed by atoms with Crippen LogP contribution in [0.4, 0.5) is 5.69 Å². The Labute approximate surface area is 104 Å². The SMILES string of the molecule is C[C@H](Nc1ccc2ccccc2c1)C(C)(C)C. The van der Waals surface area contributed by atoms with Gasteiger partial charge in [-0.25, -0.2) is 0 Å². The van der Waals surface area contributed by atoms with E-state index in [0.717, 1.165) is 0 Å². The van der Waals surface area contributed by atoms with Gasteiger partial charge < -0.3 is 5.32 Å². The van der Waals surface area contributed by atoms with E-state index in [1.54, 1.807) is 0 Å². The zero-order valence-corrected chi connectivity index (χ0v) is 11.1. The van der Waals surface area contributed by atoms with Gasteiger partial charge in [-0.2, -0.15) is 0 Å². The first kappa shape index (κ1) is 12.0. The minimum atomic E-state index is 0.269. The molecule has 0 radical (unpaired) electrons. The van der Waals surface area contributed by atoms with Crippen molar-refractivity contribution in [2.75, 3.05) is 5.32 Å². The minimum absolute atomic E-state index is 0.269. The van der Waals surface area contributed by atoms with Gasteiger partial charge in [0.1, 0.15) is 0 Å². The normalized spacial score (nSPS) is 13.6. The summed E-state index contributed by atoms with van der Waals surface area (Å²) in [6, 6.07) is 15.5. The molecule has 2 aromatic carbocycles. The summed E-state index contributed by atoms with van der Waals surface area (Å²) < 4.78 is 0. The molecule has 0 bridgehead atoms. The van der Waals surface area contributed by atoms with Crippen molar-refractivity contribution < 1.29 is 0 Å². The molecule has 0 aliphatic rings. The maximum Gasteiger partial charge on any atom is 0.0348 e. The van der Waals surface area contributed by atoms with Gasteiger partial charge in [0.25, 0.3) is 0 Å². The fourth-order valence-electron chi connectivity index (χ4n) is 1.75. The third-order valence-corrected chi connectivity index (χ3v) is 3.43. The first-order valence-electron chi connectivity index (χ1n) is 6.22. The summed E-state index contributed by atoms with van der Waals surface area (Å²) >= 11 is 0. The fraction of sp³-hybridized carbons (Fsp3) is 0.375. The summed E-state index contributed by atoms with van der Waals surface area (Å²) in [6.45, 7) is 9.00. The molecule has 0 amide bonds. The van der Waals surface area contributed by atoms with Gasteiger partial charge in [-0.3, -0.25) is 0 Å². The van der Waals surface area contributed by atoms with Crippen molar-refractivity contribution >= 4 is 16.5 Å². The Balaban J connectivity index is 2.25. The van der Waals surface area contributed by atoms with Gasteiger partial charge in [-0.15, -0.1) is 0 Å². The second-order valence-electron chi connectivity index (χ2n) is 5.79. The van der Waals surface area contributed by atoms with Crippen molar-refractivity contribution in [2.24, 2.45) is 5.41 Å². The number of nitrogens with one attached hydrogen (secondary N) is 1. The largest absolute Gasteiger partial charge is 0.382 e. The molecule has 2 aromatic rings. The fourth-order valence-corrected chi connectivity index (χ4v) is 1.75. The van der Waals surface area contributed by atoms with Crippen molar-refractivity contribution in [3.63, 3.8) is 0 Å². The van der Waals surface area contributed by atoms with Crippen LogP contribution in [0.5, 0.6) is 0 Å². The van der Waals surface area contributed by atoms with Crippen molar-refractivity contribution in [2.45, 2.75) is 33.7 Å². The highest BCUT2D eigenvalue weighted by Crippen LogP contribution is 2.25. The Morgan fingerprint density at radius 2 is 1.59 bits per heavy atom. The summed E-state index contributed by atoms with van der Waals surface area (Å²) in [5.74, 6) is 0. The van der Waals surface area contributed by atoms with Crippen LogP contribution in [0.3, 0.4) is 0 Å². The van der Waals surface area contributed by atoms with Crippen LogP contribution in [-0.2, 0) is 0 Å². The molecule has 90 valence electrons. The molecule has 0 heterocycles. The number of benzene rings is 2. The molecule has 0 saturated heterocycles. The summed E-state index contributed by atoms with van der Waals surface area (Å²) in [5.41, 5.74) is 1.47. The quantitative estimate of drug-likeness (QED) is 0.785. The Bertz CT molecular complexity index is 508. The van der Waals surface area contributed by atoms with Gasteiger partial charge in [0, 0.05) is 11.7 Å². The molecule has 1 heteroatoms. The Morgan fingerprint density at radius 3 is 2.24 bits per heavy atom. The lowest BCUT2D eigenvalue weighted by Crippen LogP contribution is -2.30. The van der Waals surface area contributed by atoms with Gasteiger partial charge in [0.15, 0.2) is 0 Å². The minimum Gasteiger partial charge on any atom is -0.382 e. The zero-order chi connectivity index (χ0) is 12.5. The highest BCUT2D eigenvalue weighted by molar-refractivity contribution is 5.85. The van der Waals surface area contributed by atoms with E-state index in [2.05, 4.69) is 75.5 Å². The number of fused-ring (bicyclic) bond motifs is 1. The maximum atomic E-state index is 3.57. The van der Waals surface area contributed by atoms with Gasteiger partial charge >= 0.3 is 0 Å². The summed E-state index contributed by atoms with van der Waals surface area (Å²) in [6.07, 6.45) is 0. The Hall–Kier alpha value is -1.50. The van der Waals surface area contributed by atoms with Gasteiger partial charge in [-0.05, 0) is 35.2 Å². The summed E-state index contributed by atoms with van der Waals surface area (Å²) in [5, 5.41) is 6.16. The Morgan fingerprint density at radius 1 is 0.941 bits per heavy atom. The van der Waals surface area contributed by atoms with Crippen LogP contribution in [-0.4, -0.2) is 6.04 Å². The highest BCUT2D eigenvalue weighted by atomic mass is 14.9. The molecule has 2 rings (SSSR count). The van der Waals surface area contributed by atoms with E-state index < -0.39 is 0 Å². The van der Waals surface area contributed by atoms with Crippen LogP contribution in [0.25, 0.3) is 10.8 Å². The lowest BCUT2D eigenvalue weighted by Gasteiger charge is -2.29. The number of anilines is 1. The average Bonchev–Trinajstić information content (AvgIpc) is 2.27. The van der Waals surface area contributed by atoms with E-state index in [4.69, 9.17) is 0 Å². The first-order valence-corrected chi connectivity index (χ1v) is 6.22. The van der Waals surface area contributed by atoms with Crippen LogP contribution in [0.2, 0.25) is 0 Å². The van der Waals surface area contributed by atoms with E-state index in [9.17, 15) is 0 Å². The molecule has 0 aliphatic carbocycles. The standard InChI is InChI=1S/C16H21N/c1-12(16(2,3)4)17-15-10-9-13-7-5-6-8-14(13)11-15/h5-12,17H,1-4H3/t12-/m0/s1. The topological polar surface area (TPSA) is 12.0 Å². The molecule has 0 unspecified atom stereocenters. The monoisotopic (exact) mass is 227 g/mol. The first-order chi connectivity index (χ1) is 7.97. The van der Waals surface area contributed by atoms with E-state index >= 15 is 0 Å². The molecule has 0 fully saturated rings. The predicted molar refractivity (Wildman–Crippen MR) is 76.5 cm³/mol. The van der Waals surface area contributed by atoms with Gasteiger partial charge in [-0.1, -0.05) is 51.1 Å². The lowest BCUT2D eigenvalue weighted by molar-refractivity contribution is 0.359. The summed E-state index contributed by atoms with van der Waals surface area (Å²) in [7, 11) is 0. The van der Waals surface area contributed by atoms with E-state index in [-0.39, 0.29) is 5.41 Å². The third kappa shape index (κ3) is 2.79. The molecule has 1 atom stereocenters. The molecule has 1 nitrogen and oxygen atoms in total. The van der Waals surface area contributed by atoms with E-state index in [1.807, 2.05) is 0 Å². The second-order valence-corrected chi connectivity index (χ2v) is 5.79. The lowest BCUT2D eigenvalue weighted by atomic mass is 9.88. The van der Waals surface area contributed by atoms with Crippen molar-refractivity contribution in [3.8, 4) is 0 Å². The van der Waals surface area contributed by atoms with Gasteiger partial charge in [0.2, 0.25) is 0 Å². The number of hydrogen-bond donors (Lipinski definition) is 1. The number of rotatable bonds is 2. The Kier molecular flexibility index (Phi) is 3.10. The van der Waals surface area contributed by atoms with Crippen molar-refractivity contribution in [1.29, 1.82) is 0 Å². The second kappa shape index (κ2) is 4.40. The average molecular weight is 227 g/mol. The van der Waals surface area contributed by atoms with Gasteiger partial charge in [0.05, 0.1) is 0 Å². The number of hydrogen-bond acceptors (Lipinski definition) is 1. The van der Waals surface area contributed by atoms with Crippen molar-refractivity contribution in [3.05, 3.63) is 42.5 Å².